The molecule has 0 N–H and O–H groups in total. The summed E-state index contributed by atoms with van der Waals surface area (Å²) in [7, 11) is 0. The third-order valence-electron chi connectivity index (χ3n) is 5.74. The number of benzene rings is 2. The molecule has 0 amide bonds. The monoisotopic (exact) mass is 335 g/mol. The maximum atomic E-state index is 14.0. The van der Waals surface area contributed by atoms with Gasteiger partial charge in [0.15, 0.2) is 0 Å². The topological polar surface area (TPSA) is 23.8 Å². The minimum atomic E-state index is -0.275. The highest BCUT2D eigenvalue weighted by molar-refractivity contribution is 5.33. The van der Waals surface area contributed by atoms with E-state index >= 15 is 0 Å². The molecule has 25 heavy (non-hydrogen) atoms. The quantitative estimate of drug-likeness (QED) is 0.641. The average molecular weight is 335 g/mol. The lowest BCUT2D eigenvalue weighted by Gasteiger charge is -2.28. The van der Waals surface area contributed by atoms with E-state index in [-0.39, 0.29) is 5.82 Å². The van der Waals surface area contributed by atoms with E-state index < -0.39 is 0 Å². The fraction of sp³-hybridized carbons (Fsp3) is 0.435. The second-order valence-corrected chi connectivity index (χ2v) is 7.29. The molecule has 0 radical (unpaired) electrons. The number of rotatable bonds is 5. The molecule has 1 fully saturated rings. The van der Waals surface area contributed by atoms with E-state index in [1.54, 1.807) is 12.1 Å². The van der Waals surface area contributed by atoms with Gasteiger partial charge in [-0.1, -0.05) is 43.7 Å². The Balaban J connectivity index is 1.57. The van der Waals surface area contributed by atoms with E-state index in [0.29, 0.717) is 23.5 Å². The van der Waals surface area contributed by atoms with Crippen LogP contribution in [0.25, 0.3) is 0 Å². The first kappa shape index (κ1) is 17.7. The van der Waals surface area contributed by atoms with Gasteiger partial charge in [0, 0.05) is 0 Å². The van der Waals surface area contributed by atoms with Crippen LogP contribution in [0.5, 0.6) is 0 Å². The zero-order chi connectivity index (χ0) is 17.6. The van der Waals surface area contributed by atoms with Crippen molar-refractivity contribution in [1.82, 2.24) is 0 Å². The van der Waals surface area contributed by atoms with E-state index in [0.717, 1.165) is 12.3 Å². The normalized spacial score (nSPS) is 20.2. The van der Waals surface area contributed by atoms with Gasteiger partial charge in [0.1, 0.15) is 5.82 Å². The van der Waals surface area contributed by atoms with Crippen LogP contribution in [0.1, 0.15) is 67.2 Å². The molecule has 0 atom stereocenters. The van der Waals surface area contributed by atoms with Crippen molar-refractivity contribution < 1.29 is 4.39 Å². The Morgan fingerprint density at radius 1 is 1.00 bits per heavy atom. The number of nitriles is 1. The van der Waals surface area contributed by atoms with Gasteiger partial charge in [-0.15, -0.1) is 0 Å². The van der Waals surface area contributed by atoms with Crippen molar-refractivity contribution >= 4 is 0 Å². The van der Waals surface area contributed by atoms with Gasteiger partial charge in [-0.2, -0.15) is 5.26 Å². The molecule has 0 unspecified atom stereocenters. The van der Waals surface area contributed by atoms with Crippen LogP contribution in [0.2, 0.25) is 0 Å². The van der Waals surface area contributed by atoms with Crippen LogP contribution >= 0.6 is 0 Å². The predicted octanol–water partition coefficient (Wildman–Crippen LogP) is 6.17. The van der Waals surface area contributed by atoms with E-state index in [1.807, 2.05) is 6.07 Å². The Bertz CT molecular complexity index is 734. The van der Waals surface area contributed by atoms with Crippen LogP contribution in [0, 0.1) is 23.1 Å². The Labute approximate surface area is 150 Å². The van der Waals surface area contributed by atoms with Gasteiger partial charge < -0.3 is 0 Å². The lowest BCUT2D eigenvalue weighted by atomic mass is 9.78. The summed E-state index contributed by atoms with van der Waals surface area (Å²) >= 11 is 0. The van der Waals surface area contributed by atoms with Crippen LogP contribution in [0.4, 0.5) is 4.39 Å². The standard InChI is InChI=1S/C23H26FN/c1-2-17-3-9-20(10-4-17)21-11-5-18(6-12-21)7-13-22-14-8-19(16-25)15-23(22)24/h5-6,8,11-12,14-15,17,20H,2-4,7,9-10,13H2,1H3/t17-,20-. The molecule has 0 heterocycles. The SMILES string of the molecule is CC[C@H]1CC[C@H](c2ccc(CCc3ccc(C#N)cc3F)cc2)CC1. The molecule has 1 aliphatic rings. The van der Waals surface area contributed by atoms with Crippen molar-refractivity contribution in [1.29, 1.82) is 5.26 Å². The van der Waals surface area contributed by atoms with Gasteiger partial charge in [-0.3, -0.25) is 0 Å². The number of nitrogens with zero attached hydrogens (tertiary/aromatic N) is 1. The summed E-state index contributed by atoms with van der Waals surface area (Å²) < 4.78 is 14.0. The van der Waals surface area contributed by atoms with Gasteiger partial charge in [-0.25, -0.2) is 4.39 Å². The third-order valence-corrected chi connectivity index (χ3v) is 5.74. The first-order chi connectivity index (χ1) is 12.2. The highest BCUT2D eigenvalue weighted by Gasteiger charge is 2.21. The van der Waals surface area contributed by atoms with Crippen LogP contribution in [-0.2, 0) is 12.8 Å². The second kappa shape index (κ2) is 8.30. The van der Waals surface area contributed by atoms with Crippen molar-refractivity contribution in [3.8, 4) is 6.07 Å². The maximum absolute atomic E-state index is 14.0. The maximum Gasteiger partial charge on any atom is 0.127 e. The first-order valence-electron chi connectivity index (χ1n) is 9.47. The van der Waals surface area contributed by atoms with Gasteiger partial charge >= 0.3 is 0 Å². The van der Waals surface area contributed by atoms with Gasteiger partial charge in [0.2, 0.25) is 0 Å². The molecular weight excluding hydrogens is 309 g/mol. The molecular formula is C23H26FN. The van der Waals surface area contributed by atoms with Crippen LogP contribution in [0.15, 0.2) is 42.5 Å². The van der Waals surface area contributed by atoms with E-state index in [9.17, 15) is 4.39 Å². The second-order valence-electron chi connectivity index (χ2n) is 7.29. The summed E-state index contributed by atoms with van der Waals surface area (Å²) in [6, 6.07) is 15.6. The Kier molecular flexibility index (Phi) is 5.87. The van der Waals surface area contributed by atoms with Gasteiger partial charge in [-0.05, 0) is 79.2 Å². The molecule has 0 aliphatic heterocycles. The molecule has 2 aromatic carbocycles. The molecule has 1 saturated carbocycles. The zero-order valence-electron chi connectivity index (χ0n) is 15.0. The summed E-state index contributed by atoms with van der Waals surface area (Å²) in [6.45, 7) is 2.30. The number of halogens is 1. The first-order valence-corrected chi connectivity index (χ1v) is 9.47. The van der Waals surface area contributed by atoms with Crippen molar-refractivity contribution in [2.75, 3.05) is 0 Å². The van der Waals surface area contributed by atoms with Gasteiger partial charge in [0.25, 0.3) is 0 Å². The average Bonchev–Trinajstić information content (AvgIpc) is 2.67. The molecule has 130 valence electrons. The van der Waals surface area contributed by atoms with Crippen molar-refractivity contribution in [3.63, 3.8) is 0 Å². The van der Waals surface area contributed by atoms with E-state index in [4.69, 9.17) is 5.26 Å². The number of hydrogen-bond donors (Lipinski definition) is 0. The minimum absolute atomic E-state index is 0.275. The third kappa shape index (κ3) is 4.48. The Hall–Kier alpha value is -2.14. The van der Waals surface area contributed by atoms with Crippen LogP contribution < -0.4 is 0 Å². The number of hydrogen-bond acceptors (Lipinski definition) is 1. The lowest BCUT2D eigenvalue weighted by Crippen LogP contribution is -2.12. The van der Waals surface area contributed by atoms with Crippen molar-refractivity contribution in [2.45, 2.75) is 57.8 Å². The summed E-state index contributed by atoms with van der Waals surface area (Å²) in [5.74, 6) is 1.37. The molecule has 0 spiro atoms. The smallest absolute Gasteiger partial charge is 0.127 e. The Morgan fingerprint density at radius 2 is 1.72 bits per heavy atom. The lowest BCUT2D eigenvalue weighted by molar-refractivity contribution is 0.319. The molecule has 0 bridgehead atoms. The Morgan fingerprint density at radius 3 is 2.32 bits per heavy atom. The molecule has 3 rings (SSSR count). The summed E-state index contributed by atoms with van der Waals surface area (Å²) in [4.78, 5) is 0. The molecule has 2 heteroatoms. The van der Waals surface area contributed by atoms with E-state index in [1.165, 1.54) is 49.3 Å². The fourth-order valence-corrected chi connectivity index (χ4v) is 3.96. The molecule has 0 aromatic heterocycles. The minimum Gasteiger partial charge on any atom is -0.207 e. The zero-order valence-corrected chi connectivity index (χ0v) is 15.0. The molecule has 1 aliphatic carbocycles. The highest BCUT2D eigenvalue weighted by Crippen LogP contribution is 2.36. The molecule has 1 nitrogen and oxygen atoms in total. The van der Waals surface area contributed by atoms with Crippen LogP contribution in [0.3, 0.4) is 0 Å². The fourth-order valence-electron chi connectivity index (χ4n) is 3.96. The van der Waals surface area contributed by atoms with Crippen LogP contribution in [-0.4, -0.2) is 0 Å². The number of aryl methyl sites for hydroxylation is 2. The molecule has 2 aromatic rings. The highest BCUT2D eigenvalue weighted by atomic mass is 19.1. The summed E-state index contributed by atoms with van der Waals surface area (Å²) in [5, 5.41) is 8.81. The summed E-state index contributed by atoms with van der Waals surface area (Å²) in [6.07, 6.45) is 8.16. The van der Waals surface area contributed by atoms with E-state index in [2.05, 4.69) is 31.2 Å². The van der Waals surface area contributed by atoms with Crippen molar-refractivity contribution in [2.24, 2.45) is 5.92 Å². The summed E-state index contributed by atoms with van der Waals surface area (Å²) in [5.41, 5.74) is 3.77. The predicted molar refractivity (Wildman–Crippen MR) is 100.0 cm³/mol. The van der Waals surface area contributed by atoms with Gasteiger partial charge in [0.05, 0.1) is 11.6 Å². The molecule has 0 saturated heterocycles. The van der Waals surface area contributed by atoms with Crippen molar-refractivity contribution in [3.05, 3.63) is 70.5 Å². The largest absolute Gasteiger partial charge is 0.207 e.